The summed E-state index contributed by atoms with van der Waals surface area (Å²) in [7, 11) is 0. The molecule has 2 N–H and O–H groups in total. The fourth-order valence-electron chi connectivity index (χ4n) is 2.44. The van der Waals surface area contributed by atoms with E-state index in [0.29, 0.717) is 19.3 Å². The Morgan fingerprint density at radius 2 is 1.90 bits per heavy atom. The van der Waals surface area contributed by atoms with E-state index in [0.717, 1.165) is 12.8 Å². The average molecular weight is 275 g/mol. The smallest absolute Gasteiger partial charge is 0.306 e. The Bertz CT molecular complexity index is 475. The van der Waals surface area contributed by atoms with Crippen LogP contribution in [-0.4, -0.2) is 23.0 Å². The molecule has 1 aliphatic rings. The normalized spacial score (nSPS) is 21.1. The number of aryl methyl sites for hydroxylation is 2. The molecule has 0 saturated heterocycles. The number of rotatable bonds is 6. The van der Waals surface area contributed by atoms with E-state index in [-0.39, 0.29) is 17.9 Å². The predicted molar refractivity (Wildman–Crippen MR) is 76.4 cm³/mol. The zero-order valence-electron chi connectivity index (χ0n) is 11.8. The quantitative estimate of drug-likeness (QED) is 0.837. The van der Waals surface area contributed by atoms with Crippen molar-refractivity contribution in [3.8, 4) is 0 Å². The van der Waals surface area contributed by atoms with Crippen LogP contribution in [0, 0.1) is 12.8 Å². The van der Waals surface area contributed by atoms with Crippen LogP contribution >= 0.6 is 0 Å². The van der Waals surface area contributed by atoms with Crippen molar-refractivity contribution < 1.29 is 14.7 Å². The topological polar surface area (TPSA) is 66.4 Å². The van der Waals surface area contributed by atoms with Crippen LogP contribution in [0.2, 0.25) is 0 Å². The van der Waals surface area contributed by atoms with E-state index in [2.05, 4.69) is 36.5 Å². The maximum atomic E-state index is 11.7. The molecule has 1 amide bonds. The van der Waals surface area contributed by atoms with Crippen LogP contribution in [0.25, 0.3) is 0 Å². The molecule has 0 aromatic heterocycles. The molecule has 0 spiro atoms. The maximum Gasteiger partial charge on any atom is 0.306 e. The summed E-state index contributed by atoms with van der Waals surface area (Å²) in [6, 6.07) is 8.40. The number of carbonyl (C=O) groups excluding carboxylic acids is 1. The number of aliphatic carboxylic acids is 1. The van der Waals surface area contributed by atoms with Gasteiger partial charge in [0.05, 0.1) is 5.92 Å². The Labute approximate surface area is 119 Å². The van der Waals surface area contributed by atoms with Crippen LogP contribution in [0.5, 0.6) is 0 Å². The standard InChI is InChI=1S/C16H21NO3/c1-11-5-7-12(8-6-11)3-2-4-15(18)17-14-9-13(10-14)16(19)20/h5-8,13-14H,2-4,9-10H2,1H3,(H,17,18)(H,19,20). The van der Waals surface area contributed by atoms with Gasteiger partial charge in [-0.25, -0.2) is 0 Å². The van der Waals surface area contributed by atoms with Gasteiger partial charge in [-0.3, -0.25) is 9.59 Å². The van der Waals surface area contributed by atoms with Crippen molar-refractivity contribution in [2.24, 2.45) is 5.92 Å². The van der Waals surface area contributed by atoms with Gasteiger partial charge < -0.3 is 10.4 Å². The van der Waals surface area contributed by atoms with Crippen LogP contribution < -0.4 is 5.32 Å². The second kappa shape index (κ2) is 6.55. The fourth-order valence-corrected chi connectivity index (χ4v) is 2.44. The Balaban J connectivity index is 1.61. The van der Waals surface area contributed by atoms with Crippen molar-refractivity contribution in [3.63, 3.8) is 0 Å². The lowest BCUT2D eigenvalue weighted by atomic mass is 9.80. The molecule has 2 rings (SSSR count). The fraction of sp³-hybridized carbons (Fsp3) is 0.500. The Kier molecular flexibility index (Phi) is 4.77. The monoisotopic (exact) mass is 275 g/mol. The van der Waals surface area contributed by atoms with Crippen molar-refractivity contribution in [2.75, 3.05) is 0 Å². The number of benzene rings is 1. The van der Waals surface area contributed by atoms with Crippen LogP contribution in [0.4, 0.5) is 0 Å². The summed E-state index contributed by atoms with van der Waals surface area (Å²) in [6.07, 6.45) is 3.36. The van der Waals surface area contributed by atoms with Crippen molar-refractivity contribution in [1.29, 1.82) is 0 Å². The van der Waals surface area contributed by atoms with E-state index in [1.807, 2.05) is 0 Å². The first-order chi connectivity index (χ1) is 9.54. The number of hydrogen-bond donors (Lipinski definition) is 2. The highest BCUT2D eigenvalue weighted by Crippen LogP contribution is 2.27. The zero-order valence-corrected chi connectivity index (χ0v) is 11.8. The van der Waals surface area contributed by atoms with Crippen LogP contribution in [-0.2, 0) is 16.0 Å². The Hall–Kier alpha value is -1.84. The van der Waals surface area contributed by atoms with Gasteiger partial charge in [0.15, 0.2) is 0 Å². The molecule has 1 saturated carbocycles. The van der Waals surface area contributed by atoms with E-state index in [1.165, 1.54) is 11.1 Å². The minimum atomic E-state index is -0.755. The summed E-state index contributed by atoms with van der Waals surface area (Å²) >= 11 is 0. The van der Waals surface area contributed by atoms with E-state index in [4.69, 9.17) is 5.11 Å². The lowest BCUT2D eigenvalue weighted by molar-refractivity contribution is -0.146. The maximum absolute atomic E-state index is 11.7. The number of amides is 1. The molecule has 1 aromatic carbocycles. The average Bonchev–Trinajstić information content (AvgIpc) is 2.35. The molecule has 0 bridgehead atoms. The molecule has 20 heavy (non-hydrogen) atoms. The first kappa shape index (κ1) is 14.6. The molecule has 1 aromatic rings. The largest absolute Gasteiger partial charge is 0.481 e. The van der Waals surface area contributed by atoms with Crippen LogP contribution in [0.3, 0.4) is 0 Å². The van der Waals surface area contributed by atoms with Gasteiger partial charge in [0.1, 0.15) is 0 Å². The minimum Gasteiger partial charge on any atom is -0.481 e. The summed E-state index contributed by atoms with van der Waals surface area (Å²) < 4.78 is 0. The van der Waals surface area contributed by atoms with Crippen LogP contribution in [0.1, 0.15) is 36.8 Å². The summed E-state index contributed by atoms with van der Waals surface area (Å²) in [4.78, 5) is 22.4. The summed E-state index contributed by atoms with van der Waals surface area (Å²) in [5.74, 6) is -0.992. The van der Waals surface area contributed by atoms with Gasteiger partial charge in [-0.1, -0.05) is 29.8 Å². The van der Waals surface area contributed by atoms with E-state index >= 15 is 0 Å². The van der Waals surface area contributed by atoms with Gasteiger partial charge in [0.25, 0.3) is 0 Å². The molecule has 0 unspecified atom stereocenters. The number of carboxylic acid groups (broad SMARTS) is 1. The number of carboxylic acids is 1. The lowest BCUT2D eigenvalue weighted by Gasteiger charge is -2.32. The first-order valence-electron chi connectivity index (χ1n) is 7.12. The molecule has 0 atom stereocenters. The molecule has 108 valence electrons. The second-order valence-electron chi connectivity index (χ2n) is 5.61. The third-order valence-corrected chi connectivity index (χ3v) is 3.84. The highest BCUT2D eigenvalue weighted by molar-refractivity contribution is 5.77. The molecule has 0 heterocycles. The molecule has 0 aliphatic heterocycles. The molecule has 0 radical (unpaired) electrons. The minimum absolute atomic E-state index is 0.0333. The van der Waals surface area contributed by atoms with Crippen molar-refractivity contribution >= 4 is 11.9 Å². The highest BCUT2D eigenvalue weighted by atomic mass is 16.4. The van der Waals surface area contributed by atoms with Gasteiger partial charge in [-0.05, 0) is 38.2 Å². The van der Waals surface area contributed by atoms with Crippen molar-refractivity contribution in [2.45, 2.75) is 45.1 Å². The van der Waals surface area contributed by atoms with Gasteiger partial charge in [-0.15, -0.1) is 0 Å². The third-order valence-electron chi connectivity index (χ3n) is 3.84. The van der Waals surface area contributed by atoms with Gasteiger partial charge in [0.2, 0.25) is 5.91 Å². The molecular weight excluding hydrogens is 254 g/mol. The Morgan fingerprint density at radius 1 is 1.25 bits per heavy atom. The number of carbonyl (C=O) groups is 2. The van der Waals surface area contributed by atoms with Gasteiger partial charge in [-0.2, -0.15) is 0 Å². The zero-order chi connectivity index (χ0) is 14.5. The lowest BCUT2D eigenvalue weighted by Crippen LogP contribution is -2.46. The van der Waals surface area contributed by atoms with Gasteiger partial charge >= 0.3 is 5.97 Å². The molecule has 1 fully saturated rings. The van der Waals surface area contributed by atoms with E-state index < -0.39 is 5.97 Å². The Morgan fingerprint density at radius 3 is 2.50 bits per heavy atom. The van der Waals surface area contributed by atoms with E-state index in [9.17, 15) is 9.59 Å². The van der Waals surface area contributed by atoms with Gasteiger partial charge in [0, 0.05) is 12.5 Å². The SMILES string of the molecule is Cc1ccc(CCCC(=O)NC2CC(C(=O)O)C2)cc1. The highest BCUT2D eigenvalue weighted by Gasteiger charge is 2.34. The third kappa shape index (κ3) is 4.08. The van der Waals surface area contributed by atoms with E-state index in [1.54, 1.807) is 0 Å². The summed E-state index contributed by atoms with van der Waals surface area (Å²) in [6.45, 7) is 2.06. The second-order valence-corrected chi connectivity index (χ2v) is 5.61. The number of nitrogens with one attached hydrogen (secondary N) is 1. The molecular formula is C16H21NO3. The van der Waals surface area contributed by atoms with Crippen molar-refractivity contribution in [3.05, 3.63) is 35.4 Å². The predicted octanol–water partition coefficient (Wildman–Crippen LogP) is 2.30. The molecule has 4 heteroatoms. The first-order valence-corrected chi connectivity index (χ1v) is 7.12. The summed E-state index contributed by atoms with van der Waals surface area (Å²) in [5, 5.41) is 11.7. The number of hydrogen-bond acceptors (Lipinski definition) is 2. The molecule has 1 aliphatic carbocycles. The van der Waals surface area contributed by atoms with Crippen LogP contribution in [0.15, 0.2) is 24.3 Å². The molecule has 4 nitrogen and oxygen atoms in total. The van der Waals surface area contributed by atoms with Crippen molar-refractivity contribution in [1.82, 2.24) is 5.32 Å². The summed E-state index contributed by atoms with van der Waals surface area (Å²) in [5.41, 5.74) is 2.49.